The molecule has 0 fully saturated rings. The summed E-state index contributed by atoms with van der Waals surface area (Å²) in [7, 11) is 1.55. The van der Waals surface area contributed by atoms with Gasteiger partial charge in [-0.3, -0.25) is 0 Å². The van der Waals surface area contributed by atoms with Crippen LogP contribution in [0.1, 0.15) is 39.1 Å². The van der Waals surface area contributed by atoms with Crippen LogP contribution in [-0.2, 0) is 9.53 Å². The van der Waals surface area contributed by atoms with E-state index in [1.807, 2.05) is 0 Å². The summed E-state index contributed by atoms with van der Waals surface area (Å²) in [6.07, 6.45) is 2.50. The molecule has 8 heteroatoms. The summed E-state index contributed by atoms with van der Waals surface area (Å²) >= 11 is 0. The van der Waals surface area contributed by atoms with E-state index >= 15 is 0 Å². The third kappa shape index (κ3) is 8.24. The first-order chi connectivity index (χ1) is 17.9. The average Bonchev–Trinajstić information content (AvgIpc) is 2.92. The Morgan fingerprint density at radius 3 is 1.92 bits per heavy atom. The normalized spacial score (nSPS) is 10.2. The Kier molecular flexibility index (Phi) is 9.84. The maximum absolute atomic E-state index is 12.5. The molecule has 0 aliphatic rings. The van der Waals surface area contributed by atoms with Crippen molar-refractivity contribution < 1.29 is 38.1 Å². The zero-order valence-corrected chi connectivity index (χ0v) is 20.7. The number of hydrogen-bond donors (Lipinski definition) is 0. The summed E-state index contributed by atoms with van der Waals surface area (Å²) in [5.41, 5.74) is 1.38. The SMILES string of the molecule is C=CC(=O)OCCCCOc1ccc(C(=O)Oc2ccc(OC(=O)c3ccc(OC)cc3)c(C)c2)cc1. The minimum atomic E-state index is -0.530. The van der Waals surface area contributed by atoms with Gasteiger partial charge in [-0.25, -0.2) is 14.4 Å². The van der Waals surface area contributed by atoms with E-state index in [-0.39, 0.29) is 0 Å². The van der Waals surface area contributed by atoms with Crippen molar-refractivity contribution in [3.63, 3.8) is 0 Å². The summed E-state index contributed by atoms with van der Waals surface area (Å²) in [6, 6.07) is 17.9. The summed E-state index contributed by atoms with van der Waals surface area (Å²) in [4.78, 5) is 35.9. The zero-order chi connectivity index (χ0) is 26.6. The zero-order valence-electron chi connectivity index (χ0n) is 20.7. The lowest BCUT2D eigenvalue weighted by Gasteiger charge is -2.11. The Morgan fingerprint density at radius 1 is 0.757 bits per heavy atom. The van der Waals surface area contributed by atoms with E-state index < -0.39 is 17.9 Å². The first-order valence-electron chi connectivity index (χ1n) is 11.6. The van der Waals surface area contributed by atoms with Crippen molar-refractivity contribution in [2.75, 3.05) is 20.3 Å². The Balaban J connectivity index is 1.48. The number of aryl methyl sites for hydroxylation is 1. The number of hydrogen-bond acceptors (Lipinski definition) is 8. The van der Waals surface area contributed by atoms with E-state index in [9.17, 15) is 14.4 Å². The number of unbranched alkanes of at least 4 members (excludes halogenated alkanes) is 1. The lowest BCUT2D eigenvalue weighted by Crippen LogP contribution is -2.10. The molecule has 0 spiro atoms. The van der Waals surface area contributed by atoms with Gasteiger partial charge in [0.2, 0.25) is 0 Å². The molecule has 0 atom stereocenters. The first-order valence-corrected chi connectivity index (χ1v) is 11.6. The highest BCUT2D eigenvalue weighted by molar-refractivity contribution is 5.92. The standard InChI is InChI=1S/C29H28O8/c1-4-27(30)35-18-6-5-17-34-24-13-9-21(10-14-24)28(31)36-25-15-16-26(20(2)19-25)37-29(32)22-7-11-23(33-3)12-8-22/h4,7-16,19H,1,5-6,17-18H2,2-3H3. The topological polar surface area (TPSA) is 97.4 Å². The molecule has 0 saturated carbocycles. The minimum absolute atomic E-state index is 0.310. The van der Waals surface area contributed by atoms with Crippen molar-refractivity contribution in [3.8, 4) is 23.0 Å². The summed E-state index contributed by atoms with van der Waals surface area (Å²) in [6.45, 7) is 5.85. The van der Waals surface area contributed by atoms with Crippen LogP contribution < -0.4 is 18.9 Å². The Hall–Kier alpha value is -4.59. The molecule has 0 aliphatic carbocycles. The maximum Gasteiger partial charge on any atom is 0.343 e. The Morgan fingerprint density at radius 2 is 1.32 bits per heavy atom. The van der Waals surface area contributed by atoms with Gasteiger partial charge < -0.3 is 23.7 Å². The van der Waals surface area contributed by atoms with Gasteiger partial charge >= 0.3 is 17.9 Å². The second-order valence-corrected chi connectivity index (χ2v) is 7.89. The quantitative estimate of drug-likeness (QED) is 0.141. The highest BCUT2D eigenvalue weighted by Crippen LogP contribution is 2.25. The summed E-state index contributed by atoms with van der Waals surface area (Å²) < 4.78 is 26.6. The second-order valence-electron chi connectivity index (χ2n) is 7.89. The van der Waals surface area contributed by atoms with Crippen LogP contribution >= 0.6 is 0 Å². The van der Waals surface area contributed by atoms with Crippen molar-refractivity contribution in [2.45, 2.75) is 19.8 Å². The molecule has 0 aliphatic heterocycles. The molecule has 0 unspecified atom stereocenters. The van der Waals surface area contributed by atoms with Crippen LogP contribution in [0.3, 0.4) is 0 Å². The first kappa shape index (κ1) is 27.0. The van der Waals surface area contributed by atoms with Gasteiger partial charge in [-0.05, 0) is 92.1 Å². The molecular formula is C29H28O8. The Bertz CT molecular complexity index is 1230. The highest BCUT2D eigenvalue weighted by atomic mass is 16.5. The van der Waals surface area contributed by atoms with E-state index in [4.69, 9.17) is 23.7 Å². The fourth-order valence-electron chi connectivity index (χ4n) is 3.16. The fraction of sp³-hybridized carbons (Fsp3) is 0.207. The van der Waals surface area contributed by atoms with E-state index in [0.29, 0.717) is 65.7 Å². The van der Waals surface area contributed by atoms with Gasteiger partial charge in [0.05, 0.1) is 31.5 Å². The van der Waals surface area contributed by atoms with Crippen LogP contribution in [0.5, 0.6) is 23.0 Å². The van der Waals surface area contributed by atoms with Crippen LogP contribution in [0, 0.1) is 6.92 Å². The number of carbonyl (C=O) groups excluding carboxylic acids is 3. The smallest absolute Gasteiger partial charge is 0.343 e. The van der Waals surface area contributed by atoms with E-state index in [0.717, 1.165) is 6.08 Å². The molecule has 0 heterocycles. The van der Waals surface area contributed by atoms with Crippen LogP contribution in [0.25, 0.3) is 0 Å². The van der Waals surface area contributed by atoms with Crippen molar-refractivity contribution in [3.05, 3.63) is 96.1 Å². The maximum atomic E-state index is 12.5. The van der Waals surface area contributed by atoms with Crippen LogP contribution in [0.4, 0.5) is 0 Å². The molecule has 37 heavy (non-hydrogen) atoms. The van der Waals surface area contributed by atoms with Crippen LogP contribution in [0.2, 0.25) is 0 Å². The molecule has 0 N–H and O–H groups in total. The van der Waals surface area contributed by atoms with Crippen LogP contribution in [-0.4, -0.2) is 38.2 Å². The van der Waals surface area contributed by atoms with Crippen molar-refractivity contribution in [1.29, 1.82) is 0 Å². The number of methoxy groups -OCH3 is 1. The second kappa shape index (κ2) is 13.5. The average molecular weight is 505 g/mol. The van der Waals surface area contributed by atoms with Gasteiger partial charge in [-0.15, -0.1) is 0 Å². The van der Waals surface area contributed by atoms with Gasteiger partial charge in [0, 0.05) is 6.08 Å². The van der Waals surface area contributed by atoms with Gasteiger partial charge in [-0.1, -0.05) is 6.58 Å². The minimum Gasteiger partial charge on any atom is -0.497 e. The number of rotatable bonds is 12. The molecule has 3 aromatic carbocycles. The Labute approximate surface area is 215 Å². The van der Waals surface area contributed by atoms with Crippen molar-refractivity contribution in [1.82, 2.24) is 0 Å². The molecule has 192 valence electrons. The highest BCUT2D eigenvalue weighted by Gasteiger charge is 2.13. The molecule has 0 aromatic heterocycles. The van der Waals surface area contributed by atoms with Crippen molar-refractivity contribution in [2.24, 2.45) is 0 Å². The molecular weight excluding hydrogens is 476 g/mol. The van der Waals surface area contributed by atoms with Crippen LogP contribution in [0.15, 0.2) is 79.4 Å². The number of esters is 3. The van der Waals surface area contributed by atoms with Gasteiger partial charge in [0.1, 0.15) is 23.0 Å². The molecule has 8 nitrogen and oxygen atoms in total. The summed E-state index contributed by atoms with van der Waals surface area (Å²) in [5, 5.41) is 0. The summed E-state index contributed by atoms with van der Waals surface area (Å²) in [5.74, 6) is 0.458. The fourth-order valence-corrected chi connectivity index (χ4v) is 3.16. The van der Waals surface area contributed by atoms with E-state index in [2.05, 4.69) is 6.58 Å². The van der Waals surface area contributed by atoms with Crippen molar-refractivity contribution >= 4 is 17.9 Å². The van der Waals surface area contributed by atoms with Gasteiger partial charge in [0.25, 0.3) is 0 Å². The van der Waals surface area contributed by atoms with E-state index in [1.165, 1.54) is 0 Å². The van der Waals surface area contributed by atoms with Gasteiger partial charge in [0.15, 0.2) is 0 Å². The lowest BCUT2D eigenvalue weighted by molar-refractivity contribution is -0.137. The molecule has 3 rings (SSSR count). The monoisotopic (exact) mass is 504 g/mol. The predicted octanol–water partition coefficient (Wildman–Crippen LogP) is 5.33. The molecule has 0 radical (unpaired) electrons. The molecule has 0 saturated heterocycles. The predicted molar refractivity (Wildman–Crippen MR) is 136 cm³/mol. The number of benzene rings is 3. The third-order valence-corrected chi connectivity index (χ3v) is 5.19. The third-order valence-electron chi connectivity index (χ3n) is 5.19. The van der Waals surface area contributed by atoms with Gasteiger partial charge in [-0.2, -0.15) is 0 Å². The number of ether oxygens (including phenoxy) is 5. The molecule has 0 bridgehead atoms. The number of carbonyl (C=O) groups is 3. The lowest BCUT2D eigenvalue weighted by atomic mass is 10.2. The largest absolute Gasteiger partial charge is 0.497 e. The molecule has 3 aromatic rings. The molecule has 0 amide bonds. The van der Waals surface area contributed by atoms with E-state index in [1.54, 1.807) is 80.8 Å².